The normalized spacial score (nSPS) is 21.7. The molecule has 0 aliphatic carbocycles. The SMILES string of the molecule is CCCn1ccc(=O)n(CC2CCC(C)(C)O2)c1=O. The van der Waals surface area contributed by atoms with Gasteiger partial charge in [0, 0.05) is 18.8 Å². The van der Waals surface area contributed by atoms with E-state index in [1.807, 2.05) is 20.8 Å². The molecule has 0 amide bonds. The van der Waals surface area contributed by atoms with E-state index in [2.05, 4.69) is 0 Å². The van der Waals surface area contributed by atoms with Crippen LogP contribution < -0.4 is 11.2 Å². The van der Waals surface area contributed by atoms with Crippen molar-refractivity contribution in [2.75, 3.05) is 0 Å². The molecule has 2 heterocycles. The van der Waals surface area contributed by atoms with Gasteiger partial charge in [0.1, 0.15) is 0 Å². The zero-order valence-corrected chi connectivity index (χ0v) is 11.9. The van der Waals surface area contributed by atoms with Crippen molar-refractivity contribution in [2.24, 2.45) is 0 Å². The van der Waals surface area contributed by atoms with Gasteiger partial charge < -0.3 is 9.30 Å². The summed E-state index contributed by atoms with van der Waals surface area (Å²) in [7, 11) is 0. The Balaban J connectivity index is 2.23. The molecule has 1 saturated heterocycles. The Kier molecular flexibility index (Phi) is 3.94. The molecule has 1 aromatic rings. The van der Waals surface area contributed by atoms with Gasteiger partial charge in [-0.2, -0.15) is 0 Å². The topological polar surface area (TPSA) is 53.2 Å². The molecule has 0 N–H and O–H groups in total. The number of nitrogens with zero attached hydrogens (tertiary/aromatic N) is 2. The first-order valence-corrected chi connectivity index (χ1v) is 6.91. The first kappa shape index (κ1) is 14.1. The average molecular weight is 266 g/mol. The van der Waals surface area contributed by atoms with Crippen LogP contribution in [0.4, 0.5) is 0 Å². The van der Waals surface area contributed by atoms with Gasteiger partial charge >= 0.3 is 5.69 Å². The third-order valence-corrected chi connectivity index (χ3v) is 3.54. The average Bonchev–Trinajstić information content (AvgIpc) is 2.68. The maximum atomic E-state index is 12.2. The van der Waals surface area contributed by atoms with Gasteiger partial charge in [-0.3, -0.25) is 9.36 Å². The summed E-state index contributed by atoms with van der Waals surface area (Å²) in [6, 6.07) is 1.46. The first-order chi connectivity index (χ1) is 8.93. The van der Waals surface area contributed by atoms with Crippen LogP contribution in [-0.2, 0) is 17.8 Å². The minimum Gasteiger partial charge on any atom is -0.370 e. The fourth-order valence-electron chi connectivity index (χ4n) is 2.55. The van der Waals surface area contributed by atoms with Gasteiger partial charge in [-0.1, -0.05) is 6.92 Å². The van der Waals surface area contributed by atoms with Crippen LogP contribution >= 0.6 is 0 Å². The maximum Gasteiger partial charge on any atom is 0.331 e. The van der Waals surface area contributed by atoms with Crippen molar-refractivity contribution in [1.82, 2.24) is 9.13 Å². The zero-order chi connectivity index (χ0) is 14.0. The summed E-state index contributed by atoms with van der Waals surface area (Å²) < 4.78 is 8.73. The van der Waals surface area contributed by atoms with Crippen molar-refractivity contribution in [1.29, 1.82) is 0 Å². The molecule has 1 unspecified atom stereocenters. The third kappa shape index (κ3) is 3.15. The van der Waals surface area contributed by atoms with Crippen LogP contribution in [0, 0.1) is 0 Å². The Morgan fingerprint density at radius 1 is 1.42 bits per heavy atom. The second kappa shape index (κ2) is 5.33. The van der Waals surface area contributed by atoms with E-state index >= 15 is 0 Å². The lowest BCUT2D eigenvalue weighted by Crippen LogP contribution is -2.41. The third-order valence-electron chi connectivity index (χ3n) is 3.54. The summed E-state index contributed by atoms with van der Waals surface area (Å²) in [5.74, 6) is 0. The van der Waals surface area contributed by atoms with Crippen molar-refractivity contribution >= 4 is 0 Å². The van der Waals surface area contributed by atoms with Crippen LogP contribution in [0.5, 0.6) is 0 Å². The highest BCUT2D eigenvalue weighted by Crippen LogP contribution is 2.29. The van der Waals surface area contributed by atoms with Crippen LogP contribution in [0.2, 0.25) is 0 Å². The summed E-state index contributed by atoms with van der Waals surface area (Å²) >= 11 is 0. The molecule has 0 bridgehead atoms. The second-order valence-electron chi connectivity index (χ2n) is 5.78. The van der Waals surface area contributed by atoms with Gasteiger partial charge in [0.15, 0.2) is 0 Å². The minimum absolute atomic E-state index is 0.0436. The lowest BCUT2D eigenvalue weighted by Gasteiger charge is -2.19. The van der Waals surface area contributed by atoms with E-state index in [0.717, 1.165) is 19.3 Å². The van der Waals surface area contributed by atoms with E-state index in [1.54, 1.807) is 10.8 Å². The van der Waals surface area contributed by atoms with Gasteiger partial charge in [-0.15, -0.1) is 0 Å². The molecule has 0 aromatic carbocycles. The lowest BCUT2D eigenvalue weighted by atomic mass is 10.1. The van der Waals surface area contributed by atoms with E-state index in [9.17, 15) is 9.59 Å². The molecule has 1 fully saturated rings. The smallest absolute Gasteiger partial charge is 0.331 e. The Bertz CT molecular complexity index is 557. The molecule has 5 heteroatoms. The summed E-state index contributed by atoms with van der Waals surface area (Å²) in [6.07, 6.45) is 4.25. The molecular formula is C14H22N2O3. The molecule has 1 aliphatic heterocycles. The highest BCUT2D eigenvalue weighted by atomic mass is 16.5. The fourth-order valence-corrected chi connectivity index (χ4v) is 2.55. The molecule has 0 saturated carbocycles. The molecule has 5 nitrogen and oxygen atoms in total. The van der Waals surface area contributed by atoms with Gasteiger partial charge in [0.05, 0.1) is 18.2 Å². The largest absolute Gasteiger partial charge is 0.370 e. The van der Waals surface area contributed by atoms with Crippen molar-refractivity contribution < 1.29 is 4.74 Å². The monoisotopic (exact) mass is 266 g/mol. The van der Waals surface area contributed by atoms with Crippen molar-refractivity contribution in [3.63, 3.8) is 0 Å². The van der Waals surface area contributed by atoms with Crippen LogP contribution in [0.25, 0.3) is 0 Å². The van der Waals surface area contributed by atoms with E-state index in [-0.39, 0.29) is 23.0 Å². The number of aryl methyl sites for hydroxylation is 1. The molecule has 2 rings (SSSR count). The van der Waals surface area contributed by atoms with Gasteiger partial charge in [0.25, 0.3) is 5.56 Å². The molecular weight excluding hydrogens is 244 g/mol. The predicted molar refractivity (Wildman–Crippen MR) is 73.4 cm³/mol. The Morgan fingerprint density at radius 2 is 2.16 bits per heavy atom. The molecule has 0 radical (unpaired) electrons. The molecule has 1 atom stereocenters. The Morgan fingerprint density at radius 3 is 2.74 bits per heavy atom. The highest BCUT2D eigenvalue weighted by Gasteiger charge is 2.32. The molecule has 0 spiro atoms. The summed E-state index contributed by atoms with van der Waals surface area (Å²) in [5, 5.41) is 0. The molecule has 19 heavy (non-hydrogen) atoms. The van der Waals surface area contributed by atoms with Crippen molar-refractivity contribution in [3.8, 4) is 0 Å². The number of ether oxygens (including phenoxy) is 1. The standard InChI is InChI=1S/C14H22N2O3/c1-4-8-15-9-6-12(17)16(13(15)18)10-11-5-7-14(2,3)19-11/h6,9,11H,4-5,7-8,10H2,1-3H3. The molecule has 1 aliphatic rings. The second-order valence-corrected chi connectivity index (χ2v) is 5.78. The summed E-state index contributed by atoms with van der Waals surface area (Å²) in [5.41, 5.74) is -0.626. The maximum absolute atomic E-state index is 12.2. The Hall–Kier alpha value is -1.36. The molecule has 1 aromatic heterocycles. The number of rotatable bonds is 4. The number of aromatic nitrogens is 2. The van der Waals surface area contributed by atoms with E-state index < -0.39 is 0 Å². The highest BCUT2D eigenvalue weighted by molar-refractivity contribution is 4.89. The van der Waals surface area contributed by atoms with E-state index in [0.29, 0.717) is 13.1 Å². The first-order valence-electron chi connectivity index (χ1n) is 6.91. The number of hydrogen-bond donors (Lipinski definition) is 0. The molecule has 106 valence electrons. The Labute approximate surface area is 112 Å². The number of hydrogen-bond acceptors (Lipinski definition) is 3. The predicted octanol–water partition coefficient (Wildman–Crippen LogP) is 1.38. The van der Waals surface area contributed by atoms with Crippen molar-refractivity contribution in [2.45, 2.75) is 64.8 Å². The fraction of sp³-hybridized carbons (Fsp3) is 0.714. The lowest BCUT2D eigenvalue weighted by molar-refractivity contribution is -0.0226. The van der Waals surface area contributed by atoms with Crippen LogP contribution in [0.1, 0.15) is 40.0 Å². The van der Waals surface area contributed by atoms with Gasteiger partial charge in [-0.05, 0) is 33.1 Å². The summed E-state index contributed by atoms with van der Waals surface area (Å²) in [6.45, 7) is 7.07. The van der Waals surface area contributed by atoms with Crippen LogP contribution in [-0.4, -0.2) is 20.8 Å². The zero-order valence-electron chi connectivity index (χ0n) is 11.9. The van der Waals surface area contributed by atoms with E-state index in [1.165, 1.54) is 10.6 Å². The minimum atomic E-state index is -0.245. The van der Waals surface area contributed by atoms with Gasteiger partial charge in [0.2, 0.25) is 0 Å². The van der Waals surface area contributed by atoms with Crippen LogP contribution in [0.15, 0.2) is 21.9 Å². The van der Waals surface area contributed by atoms with E-state index in [4.69, 9.17) is 4.74 Å². The van der Waals surface area contributed by atoms with Crippen molar-refractivity contribution in [3.05, 3.63) is 33.1 Å². The van der Waals surface area contributed by atoms with Gasteiger partial charge in [-0.25, -0.2) is 4.79 Å². The van der Waals surface area contributed by atoms with Crippen LogP contribution in [0.3, 0.4) is 0 Å². The summed E-state index contributed by atoms with van der Waals surface area (Å²) in [4.78, 5) is 24.0. The quantitative estimate of drug-likeness (QED) is 0.827.